The second-order valence-corrected chi connectivity index (χ2v) is 37.9. The van der Waals surface area contributed by atoms with Crippen molar-refractivity contribution in [1.82, 2.24) is 64.7 Å². The smallest absolute Gasteiger partial charge is 0.410 e. The van der Waals surface area contributed by atoms with Gasteiger partial charge in [-0.25, -0.2) is 24.0 Å². The number of piperidine rings is 5. The summed E-state index contributed by atoms with van der Waals surface area (Å²) in [4.78, 5) is 155. The quantitative estimate of drug-likeness (QED) is 0.0483. The molecule has 708 valence electrons. The number of nitrogens with one attached hydrogen (secondary N) is 4. The molecule has 4 N–H and O–H groups in total. The summed E-state index contributed by atoms with van der Waals surface area (Å²) in [5.74, 6) is -0.762. The van der Waals surface area contributed by atoms with Gasteiger partial charge in [0.25, 0.3) is 0 Å². The van der Waals surface area contributed by atoms with Gasteiger partial charge in [-0.1, -0.05) is 19.3 Å². The molecule has 12 rings (SSSR count). The average molecular weight is 1880 g/mol. The zero-order valence-corrected chi connectivity index (χ0v) is 80.1. The number of aromatic nitrogens is 2. The van der Waals surface area contributed by atoms with Crippen LogP contribution in [-0.4, -0.2) is 338 Å². The zero-order chi connectivity index (χ0) is 91.6. The molecule has 125 heavy (non-hydrogen) atoms. The lowest BCUT2D eigenvalue weighted by Gasteiger charge is -2.43. The molecule has 0 radical (unpaired) electrons. The zero-order valence-electron chi connectivity index (χ0n) is 75.5. The third-order valence-electron chi connectivity index (χ3n) is 23.5. The van der Waals surface area contributed by atoms with Crippen LogP contribution >= 0.6 is 69.6 Å². The normalized spacial score (nSPS) is 19.3. The Kier molecular flexibility index (Phi) is 45.0. The number of H-pyrrole nitrogens is 2. The molecule has 10 aliphatic rings. The molecule has 10 fully saturated rings. The van der Waals surface area contributed by atoms with Gasteiger partial charge >= 0.3 is 30.2 Å². The van der Waals surface area contributed by atoms with Crippen molar-refractivity contribution in [3.63, 3.8) is 0 Å². The Morgan fingerprint density at radius 1 is 0.336 bits per heavy atom. The second-order valence-electron chi connectivity index (χ2n) is 36.3. The predicted molar refractivity (Wildman–Crippen MR) is 482 cm³/mol. The number of alkyl halides is 6. The number of carbonyl (C=O) groups is 11. The molecule has 37 heteroatoms. The van der Waals surface area contributed by atoms with Gasteiger partial charge in [0.15, 0.2) is 0 Å². The van der Waals surface area contributed by atoms with Crippen LogP contribution in [0.4, 0.5) is 14.4 Å². The maximum atomic E-state index is 12.4. The van der Waals surface area contributed by atoms with Crippen molar-refractivity contribution in [3.8, 4) is 0 Å². The van der Waals surface area contributed by atoms with Crippen LogP contribution in [0.25, 0.3) is 0 Å². The van der Waals surface area contributed by atoms with E-state index >= 15 is 0 Å². The van der Waals surface area contributed by atoms with Crippen LogP contribution in [0.15, 0.2) is 24.3 Å². The maximum absolute atomic E-state index is 12.4. The Labute approximate surface area is 769 Å². The average Bonchev–Trinajstić information content (AvgIpc) is 1.02. The summed E-state index contributed by atoms with van der Waals surface area (Å²) >= 11 is 34.5. The standard InChI is InChI=1S/C19H28ClN3O5.C17H29ClN2O4.C15H25ClN2O3.C14H20ClN3O3.C13H22ClNO2.C10H17ClN2O/c1-19(2,3)28-18(26)22-9-7-14(8-10-22)23(16(24)11-20)12-13-5-6-15(21-13)17(25)27-4;1-17(2,3)24-16(22)19-8-4-13(5-9-19)20(15(21)12-18)14-6-10-23-11-7-14;1-15(2,3)21-14(20)17-8-6-12(7-9-17)18(11-4-5-11)13(19)10-16;1-21-14(20)12-3-2-10(17-12)9-18(13(19)8-15)11-4-6-16-7-5-11;14-10-13(16)15(11-4-2-1-3-5-11)12-6-8-17-9-7-12;11-7-10(14)13(8-1-2-8)9-3-5-12-6-4-9/h5-6,14,21H,7-12H2,1-4H3;13-14H,4-12H2,1-3H3;11-12H,4-10H2,1-3H3;2-3,11,16-17H,4-9H2,1H3;11-12H,1-10H2;8-9,12H,1-7H2. The fourth-order valence-corrected chi connectivity index (χ4v) is 18.0. The highest BCUT2D eigenvalue weighted by Crippen LogP contribution is 2.35. The van der Waals surface area contributed by atoms with Gasteiger partial charge < -0.3 is 97.9 Å². The van der Waals surface area contributed by atoms with Gasteiger partial charge in [-0.15, -0.1) is 69.6 Å². The predicted octanol–water partition coefficient (Wildman–Crippen LogP) is 12.7. The highest BCUT2D eigenvalue weighted by atomic mass is 35.5. The van der Waals surface area contributed by atoms with Crippen molar-refractivity contribution in [3.05, 3.63) is 47.0 Å². The summed E-state index contributed by atoms with van der Waals surface area (Å²) in [7, 11) is 2.64. The van der Waals surface area contributed by atoms with Gasteiger partial charge in [-0.05, 0) is 241 Å². The minimum absolute atomic E-state index is 0.00361. The molecule has 3 aliphatic carbocycles. The molecule has 31 nitrogen and oxygen atoms in total. The number of methoxy groups -OCH3 is 2. The van der Waals surface area contributed by atoms with Crippen LogP contribution < -0.4 is 10.6 Å². The van der Waals surface area contributed by atoms with Gasteiger partial charge in [-0.3, -0.25) is 28.8 Å². The highest BCUT2D eigenvalue weighted by molar-refractivity contribution is 6.29. The van der Waals surface area contributed by atoms with Crippen molar-refractivity contribution < 1.29 is 85.9 Å². The largest absolute Gasteiger partial charge is 0.464 e. The van der Waals surface area contributed by atoms with Crippen LogP contribution in [0.2, 0.25) is 0 Å². The van der Waals surface area contributed by atoms with Gasteiger partial charge in [0.05, 0.1) is 27.3 Å². The fraction of sp³-hybridized carbons (Fsp3) is 0.784. The Bertz CT molecular complexity index is 3650. The van der Waals surface area contributed by atoms with E-state index in [1.54, 1.807) is 48.8 Å². The molecule has 7 aliphatic heterocycles. The van der Waals surface area contributed by atoms with Crippen LogP contribution in [0.3, 0.4) is 0 Å². The molecule has 9 heterocycles. The first kappa shape index (κ1) is 106. The molecule has 0 spiro atoms. The lowest BCUT2D eigenvalue weighted by atomic mass is 9.92. The number of halogens is 6. The Hall–Kier alpha value is -6.29. The number of carbonyl (C=O) groups excluding carboxylic acids is 11. The Balaban J connectivity index is 0.000000208. The van der Waals surface area contributed by atoms with E-state index in [1.807, 2.05) is 77.0 Å². The maximum Gasteiger partial charge on any atom is 0.410 e. The number of likely N-dealkylation sites (tertiary alicyclic amines) is 3. The van der Waals surface area contributed by atoms with Gasteiger partial charge in [-0.2, -0.15) is 0 Å². The number of ether oxygens (including phenoxy) is 7. The van der Waals surface area contributed by atoms with Crippen molar-refractivity contribution in [2.75, 3.05) is 141 Å². The van der Waals surface area contributed by atoms with E-state index in [-0.39, 0.29) is 119 Å². The molecule has 0 bridgehead atoms. The van der Waals surface area contributed by atoms with Gasteiger partial charge in [0.2, 0.25) is 35.4 Å². The topological polar surface area (TPSA) is 337 Å². The first-order valence-electron chi connectivity index (χ1n) is 44.8. The molecule has 0 aromatic carbocycles. The Morgan fingerprint density at radius 3 is 0.856 bits per heavy atom. The summed E-state index contributed by atoms with van der Waals surface area (Å²) < 4.78 is 36.4. The molecule has 3 saturated carbocycles. The molecule has 2 aromatic heterocycles. The number of hydrogen-bond acceptors (Lipinski definition) is 20. The number of esters is 2. The van der Waals surface area contributed by atoms with Crippen LogP contribution in [0.5, 0.6) is 0 Å². The van der Waals surface area contributed by atoms with Gasteiger partial charge in [0.1, 0.15) is 63.5 Å². The van der Waals surface area contributed by atoms with E-state index in [0.29, 0.717) is 126 Å². The molecule has 9 amide bonds. The Morgan fingerprint density at radius 2 is 0.584 bits per heavy atom. The van der Waals surface area contributed by atoms with E-state index < -0.39 is 28.7 Å². The molecule has 2 aromatic rings. The van der Waals surface area contributed by atoms with Crippen molar-refractivity contribution >= 4 is 135 Å². The molecule has 7 saturated heterocycles. The van der Waals surface area contributed by atoms with Crippen molar-refractivity contribution in [2.24, 2.45) is 0 Å². The third kappa shape index (κ3) is 35.5. The minimum Gasteiger partial charge on any atom is -0.464 e. The van der Waals surface area contributed by atoms with Crippen LogP contribution in [0, 0.1) is 0 Å². The van der Waals surface area contributed by atoms with E-state index in [2.05, 4.69) is 35.0 Å². The number of rotatable bonds is 22. The second kappa shape index (κ2) is 53.1. The third-order valence-corrected chi connectivity index (χ3v) is 24.9. The summed E-state index contributed by atoms with van der Waals surface area (Å²) in [5, 5.41) is 6.59. The van der Waals surface area contributed by atoms with E-state index in [1.165, 1.54) is 46.3 Å². The first-order chi connectivity index (χ1) is 59.6. The summed E-state index contributed by atoms with van der Waals surface area (Å²) in [6.07, 6.45) is 21.8. The van der Waals surface area contributed by atoms with Crippen molar-refractivity contribution in [2.45, 2.75) is 300 Å². The molecular weight excluding hydrogens is 1740 g/mol. The van der Waals surface area contributed by atoms with Crippen LogP contribution in [0.1, 0.15) is 242 Å². The fourth-order valence-electron chi connectivity index (χ4n) is 17.2. The van der Waals surface area contributed by atoms with Gasteiger partial charge in [0, 0.05) is 138 Å². The number of nitrogens with zero attached hydrogens (tertiary/aromatic N) is 9. The van der Waals surface area contributed by atoms with E-state index in [0.717, 1.165) is 148 Å². The highest BCUT2D eigenvalue weighted by Gasteiger charge is 2.42. The summed E-state index contributed by atoms with van der Waals surface area (Å²) in [5.41, 5.74) is 0.728. The first-order valence-corrected chi connectivity index (χ1v) is 48.0. The van der Waals surface area contributed by atoms with E-state index in [4.69, 9.17) is 93.3 Å². The lowest BCUT2D eigenvalue weighted by molar-refractivity contribution is -0.137. The monoisotopic (exact) mass is 1880 g/mol. The molecular formula is C88H141Cl6N13O18. The summed E-state index contributed by atoms with van der Waals surface area (Å²) in [6.45, 7) is 27.7. The minimum atomic E-state index is -0.542. The van der Waals surface area contributed by atoms with E-state index in [9.17, 15) is 52.7 Å². The number of amides is 9. The van der Waals surface area contributed by atoms with Crippen LogP contribution in [-0.2, 0) is 75.0 Å². The molecule has 0 atom stereocenters. The molecule has 0 unspecified atom stereocenters. The summed E-state index contributed by atoms with van der Waals surface area (Å²) in [6, 6.07) is 9.60. The SMILES string of the molecule is CC(C)(C)OC(=O)N1CCC(N(C(=O)CCl)C2CC2)CC1.CC(C)(C)OC(=O)N1CCC(N(C(=O)CCl)C2CCOCC2)CC1.COC(=O)c1ccc(CN(C(=O)CCl)C2CCN(C(=O)OC(C)(C)C)CC2)[nH]1.COC(=O)c1ccc(CN(C(=O)CCl)C2CCNCC2)[nH]1.O=C(CCl)N(C1CCCCC1)C1CCOCC1.O=C(CCl)N(C1CCNCC1)C1CC1. The van der Waals surface area contributed by atoms with Crippen molar-refractivity contribution in [1.29, 1.82) is 0 Å². The number of aromatic amines is 2. The number of hydrogen-bond donors (Lipinski definition) is 4. The lowest BCUT2D eigenvalue weighted by Crippen LogP contribution is -2.54.